The summed E-state index contributed by atoms with van der Waals surface area (Å²) < 4.78 is 37.4. The first kappa shape index (κ1) is 20.7. The number of sulfonamides is 1. The molecule has 0 spiro atoms. The molecule has 1 saturated heterocycles. The Balaban J connectivity index is 2.05. The fourth-order valence-corrected chi connectivity index (χ4v) is 4.72. The van der Waals surface area contributed by atoms with Gasteiger partial charge in [-0.2, -0.15) is 4.31 Å². The lowest BCUT2D eigenvalue weighted by atomic mass is 9.99. The molecule has 26 heavy (non-hydrogen) atoms. The lowest BCUT2D eigenvalue weighted by Gasteiger charge is -2.31. The molecule has 1 aliphatic heterocycles. The molecule has 0 unspecified atom stereocenters. The fourth-order valence-electron chi connectivity index (χ4n) is 3.11. The van der Waals surface area contributed by atoms with Crippen LogP contribution in [0.1, 0.15) is 24.8 Å². The lowest BCUT2D eigenvalue weighted by molar-refractivity contribution is -0.126. The maximum absolute atomic E-state index is 12.9. The van der Waals surface area contributed by atoms with Crippen molar-refractivity contribution in [2.45, 2.75) is 31.1 Å². The van der Waals surface area contributed by atoms with Crippen LogP contribution in [0.15, 0.2) is 23.1 Å². The second-order valence-electron chi connectivity index (χ2n) is 6.47. The van der Waals surface area contributed by atoms with Crippen molar-refractivity contribution in [1.29, 1.82) is 0 Å². The average Bonchev–Trinajstić information content (AvgIpc) is 2.65. The van der Waals surface area contributed by atoms with Crippen molar-refractivity contribution >= 4 is 15.9 Å². The third-order valence-electron chi connectivity index (χ3n) is 4.58. The van der Waals surface area contributed by atoms with Crippen LogP contribution in [0.5, 0.6) is 5.75 Å². The minimum Gasteiger partial charge on any atom is -0.496 e. The zero-order valence-electron chi connectivity index (χ0n) is 15.7. The molecular formula is C18H28N2O5S. The molecule has 1 amide bonds. The second kappa shape index (κ2) is 9.34. The summed E-state index contributed by atoms with van der Waals surface area (Å²) in [7, 11) is -0.457. The summed E-state index contributed by atoms with van der Waals surface area (Å²) in [6, 6.07) is 4.82. The van der Waals surface area contributed by atoms with Gasteiger partial charge < -0.3 is 14.8 Å². The molecule has 1 heterocycles. The third kappa shape index (κ3) is 4.96. The molecular weight excluding hydrogens is 356 g/mol. The van der Waals surface area contributed by atoms with E-state index in [1.807, 2.05) is 6.92 Å². The molecule has 146 valence electrons. The van der Waals surface area contributed by atoms with Crippen molar-refractivity contribution < 1.29 is 22.7 Å². The molecule has 2 rings (SSSR count). The number of nitrogens with one attached hydrogen (secondary N) is 1. The smallest absolute Gasteiger partial charge is 0.243 e. The van der Waals surface area contributed by atoms with Crippen molar-refractivity contribution in [1.82, 2.24) is 9.62 Å². The molecule has 1 atom stereocenters. The van der Waals surface area contributed by atoms with Crippen molar-refractivity contribution in [3.05, 3.63) is 23.8 Å². The van der Waals surface area contributed by atoms with Crippen LogP contribution in [-0.4, -0.2) is 59.1 Å². The summed E-state index contributed by atoms with van der Waals surface area (Å²) in [6.45, 7) is 3.57. The number of aryl methyl sites for hydroxylation is 1. The van der Waals surface area contributed by atoms with Crippen LogP contribution in [-0.2, 0) is 19.6 Å². The van der Waals surface area contributed by atoms with Gasteiger partial charge in [-0.3, -0.25) is 4.79 Å². The predicted octanol–water partition coefficient (Wildman–Crippen LogP) is 1.56. The van der Waals surface area contributed by atoms with Gasteiger partial charge in [0.1, 0.15) is 5.75 Å². The molecule has 1 aromatic rings. The predicted molar refractivity (Wildman–Crippen MR) is 98.7 cm³/mol. The molecule has 1 aliphatic rings. The number of hydrogen-bond acceptors (Lipinski definition) is 5. The van der Waals surface area contributed by atoms with Gasteiger partial charge in [-0.05, 0) is 49.9 Å². The van der Waals surface area contributed by atoms with E-state index in [0.717, 1.165) is 12.0 Å². The highest BCUT2D eigenvalue weighted by atomic mass is 32.2. The molecule has 8 heteroatoms. The average molecular weight is 384 g/mol. The Labute approximate surface area is 155 Å². The Morgan fingerprint density at radius 2 is 2.12 bits per heavy atom. The van der Waals surface area contributed by atoms with Gasteiger partial charge in [0, 0.05) is 33.4 Å². The Hall–Kier alpha value is -1.64. The summed E-state index contributed by atoms with van der Waals surface area (Å²) in [5, 5.41) is 2.87. The number of benzene rings is 1. The van der Waals surface area contributed by atoms with Crippen LogP contribution in [0.2, 0.25) is 0 Å². The number of amides is 1. The molecule has 1 aromatic carbocycles. The number of carbonyl (C=O) groups excluding carboxylic acids is 1. The van der Waals surface area contributed by atoms with Crippen molar-refractivity contribution in [3.63, 3.8) is 0 Å². The summed E-state index contributed by atoms with van der Waals surface area (Å²) in [5.41, 5.74) is 0.762. The quantitative estimate of drug-likeness (QED) is 0.688. The maximum Gasteiger partial charge on any atom is 0.243 e. The van der Waals surface area contributed by atoms with Crippen LogP contribution < -0.4 is 10.1 Å². The molecule has 0 saturated carbocycles. The van der Waals surface area contributed by atoms with E-state index in [0.29, 0.717) is 38.3 Å². The molecule has 1 N–H and O–H groups in total. The largest absolute Gasteiger partial charge is 0.496 e. The minimum atomic E-state index is -3.63. The van der Waals surface area contributed by atoms with E-state index < -0.39 is 10.0 Å². The molecule has 0 bridgehead atoms. The molecule has 7 nitrogen and oxygen atoms in total. The van der Waals surface area contributed by atoms with Gasteiger partial charge in [0.25, 0.3) is 0 Å². The summed E-state index contributed by atoms with van der Waals surface area (Å²) >= 11 is 0. The monoisotopic (exact) mass is 384 g/mol. The van der Waals surface area contributed by atoms with Crippen LogP contribution in [0.4, 0.5) is 0 Å². The Morgan fingerprint density at radius 3 is 2.77 bits per heavy atom. The van der Waals surface area contributed by atoms with Crippen molar-refractivity contribution in [3.8, 4) is 5.75 Å². The number of methoxy groups -OCH3 is 2. The second-order valence-corrected chi connectivity index (χ2v) is 8.41. The topological polar surface area (TPSA) is 84.9 Å². The maximum atomic E-state index is 12.9. The van der Waals surface area contributed by atoms with Crippen LogP contribution in [0, 0.1) is 12.8 Å². The summed E-state index contributed by atoms with van der Waals surface area (Å²) in [5.74, 6) is 0.239. The van der Waals surface area contributed by atoms with E-state index in [1.54, 1.807) is 32.4 Å². The normalized spacial score (nSPS) is 18.5. The summed E-state index contributed by atoms with van der Waals surface area (Å²) in [4.78, 5) is 12.6. The standard InChI is InChI=1S/C18H28N2O5S/c1-14-12-16(7-8-17(14)25-3)26(22,23)20-10-4-6-15(13-20)18(21)19-9-5-11-24-2/h7-8,12,15H,4-6,9-11,13H2,1-3H3,(H,19,21)/t15-/m0/s1. The number of hydrogen-bond donors (Lipinski definition) is 1. The van der Waals surface area contributed by atoms with Gasteiger partial charge >= 0.3 is 0 Å². The van der Waals surface area contributed by atoms with Crippen molar-refractivity contribution in [2.24, 2.45) is 5.92 Å². The SMILES string of the molecule is COCCCNC(=O)[C@H]1CCCN(S(=O)(=O)c2ccc(OC)c(C)c2)C1. The highest BCUT2D eigenvalue weighted by molar-refractivity contribution is 7.89. The Kier molecular flexibility index (Phi) is 7.43. The first-order valence-electron chi connectivity index (χ1n) is 8.81. The first-order chi connectivity index (χ1) is 12.4. The van der Waals surface area contributed by atoms with Crippen LogP contribution >= 0.6 is 0 Å². The van der Waals surface area contributed by atoms with Gasteiger partial charge in [-0.25, -0.2) is 8.42 Å². The number of nitrogens with zero attached hydrogens (tertiary/aromatic N) is 1. The van der Waals surface area contributed by atoms with Crippen molar-refractivity contribution in [2.75, 3.05) is 40.5 Å². The zero-order valence-corrected chi connectivity index (χ0v) is 16.5. The first-order valence-corrected chi connectivity index (χ1v) is 10.3. The fraction of sp³-hybridized carbons (Fsp3) is 0.611. The van der Waals surface area contributed by atoms with Gasteiger partial charge in [0.05, 0.1) is 17.9 Å². The Morgan fingerprint density at radius 1 is 1.35 bits per heavy atom. The Bertz CT molecular complexity index is 720. The van der Waals surface area contributed by atoms with Gasteiger partial charge in [-0.15, -0.1) is 0 Å². The number of ether oxygens (including phenoxy) is 2. The van der Waals surface area contributed by atoms with E-state index in [9.17, 15) is 13.2 Å². The number of piperidine rings is 1. The van der Waals surface area contributed by atoms with Crippen LogP contribution in [0.25, 0.3) is 0 Å². The third-order valence-corrected chi connectivity index (χ3v) is 6.44. The lowest BCUT2D eigenvalue weighted by Crippen LogP contribution is -2.45. The van der Waals surface area contributed by atoms with E-state index >= 15 is 0 Å². The van der Waals surface area contributed by atoms with E-state index in [2.05, 4.69) is 5.32 Å². The van der Waals surface area contributed by atoms with Gasteiger partial charge in [0.2, 0.25) is 15.9 Å². The van der Waals surface area contributed by atoms with Gasteiger partial charge in [-0.1, -0.05) is 0 Å². The summed E-state index contributed by atoms with van der Waals surface area (Å²) in [6.07, 6.45) is 2.11. The highest BCUT2D eigenvalue weighted by Crippen LogP contribution is 2.27. The van der Waals surface area contributed by atoms with Gasteiger partial charge in [0.15, 0.2) is 0 Å². The van der Waals surface area contributed by atoms with E-state index in [1.165, 1.54) is 4.31 Å². The van der Waals surface area contributed by atoms with E-state index in [-0.39, 0.29) is 23.3 Å². The highest BCUT2D eigenvalue weighted by Gasteiger charge is 2.33. The van der Waals surface area contributed by atoms with E-state index in [4.69, 9.17) is 9.47 Å². The number of carbonyl (C=O) groups is 1. The molecule has 0 aromatic heterocycles. The minimum absolute atomic E-state index is 0.0908. The van der Waals surface area contributed by atoms with Crippen LogP contribution in [0.3, 0.4) is 0 Å². The number of rotatable bonds is 8. The molecule has 0 aliphatic carbocycles. The molecule has 0 radical (unpaired) electrons. The zero-order chi connectivity index (χ0) is 19.2. The molecule has 1 fully saturated rings.